The Hall–Kier alpha value is -1.95. The van der Waals surface area contributed by atoms with Gasteiger partial charge >= 0.3 is 5.97 Å². The number of rotatable bonds is 6. The summed E-state index contributed by atoms with van der Waals surface area (Å²) in [6.07, 6.45) is -0.114. The molecule has 0 bridgehead atoms. The zero-order valence-corrected chi connectivity index (χ0v) is 9.85. The third-order valence-corrected chi connectivity index (χ3v) is 2.29. The minimum atomic E-state index is -1.22. The van der Waals surface area contributed by atoms with E-state index < -0.39 is 23.7 Å². The van der Waals surface area contributed by atoms with Crippen molar-refractivity contribution in [3.63, 3.8) is 0 Å². The summed E-state index contributed by atoms with van der Waals surface area (Å²) in [5.41, 5.74) is 0.239. The number of ether oxygens (including phenoxy) is 1. The highest BCUT2D eigenvalue weighted by Gasteiger charge is 2.21. The van der Waals surface area contributed by atoms with Crippen molar-refractivity contribution in [1.82, 2.24) is 5.32 Å². The number of carbonyl (C=O) groups is 2. The van der Waals surface area contributed by atoms with Crippen LogP contribution in [0.4, 0.5) is 4.39 Å². The SMILES string of the molecule is COCC(=O)N[C@H](Cc1ccccc1F)C(=O)O. The number of carboxylic acid groups (broad SMARTS) is 1. The molecule has 1 aromatic carbocycles. The summed E-state index contributed by atoms with van der Waals surface area (Å²) in [5, 5.41) is 11.2. The van der Waals surface area contributed by atoms with E-state index >= 15 is 0 Å². The Bertz CT molecular complexity index is 436. The summed E-state index contributed by atoms with van der Waals surface area (Å²) < 4.78 is 17.9. The molecule has 2 N–H and O–H groups in total. The highest BCUT2D eigenvalue weighted by molar-refractivity contribution is 5.84. The third kappa shape index (κ3) is 4.14. The average Bonchev–Trinajstić information content (AvgIpc) is 2.31. The van der Waals surface area contributed by atoms with Crippen molar-refractivity contribution in [2.45, 2.75) is 12.5 Å². The van der Waals surface area contributed by atoms with E-state index in [0.29, 0.717) is 0 Å². The molecule has 6 heteroatoms. The lowest BCUT2D eigenvalue weighted by Crippen LogP contribution is -2.43. The molecule has 18 heavy (non-hydrogen) atoms. The van der Waals surface area contributed by atoms with Crippen LogP contribution in [0.1, 0.15) is 5.56 Å². The molecule has 0 spiro atoms. The molecule has 0 saturated carbocycles. The minimum absolute atomic E-state index is 0.114. The van der Waals surface area contributed by atoms with Crippen LogP contribution in [-0.2, 0) is 20.7 Å². The largest absolute Gasteiger partial charge is 0.480 e. The smallest absolute Gasteiger partial charge is 0.326 e. The van der Waals surface area contributed by atoms with Gasteiger partial charge in [0.2, 0.25) is 5.91 Å². The standard InChI is InChI=1S/C12H14FNO4/c1-18-7-11(15)14-10(12(16)17)6-8-4-2-3-5-9(8)13/h2-5,10H,6-7H2,1H3,(H,14,15)(H,16,17)/t10-/m1/s1. The molecule has 0 heterocycles. The fourth-order valence-corrected chi connectivity index (χ4v) is 1.45. The Morgan fingerprint density at radius 1 is 1.44 bits per heavy atom. The molecule has 0 fully saturated rings. The van der Waals surface area contributed by atoms with Gasteiger partial charge in [0, 0.05) is 13.5 Å². The number of carboxylic acids is 1. The van der Waals surface area contributed by atoms with Crippen molar-refractivity contribution < 1.29 is 23.8 Å². The Morgan fingerprint density at radius 2 is 2.11 bits per heavy atom. The number of aliphatic carboxylic acids is 1. The molecular weight excluding hydrogens is 241 g/mol. The number of amides is 1. The number of hydrogen-bond donors (Lipinski definition) is 2. The summed E-state index contributed by atoms with van der Waals surface area (Å²) in [4.78, 5) is 22.2. The number of carbonyl (C=O) groups excluding carboxylic acids is 1. The molecule has 98 valence electrons. The molecule has 1 rings (SSSR count). The number of hydrogen-bond acceptors (Lipinski definition) is 3. The van der Waals surface area contributed by atoms with Crippen LogP contribution in [0, 0.1) is 5.82 Å². The fourth-order valence-electron chi connectivity index (χ4n) is 1.45. The first-order chi connectivity index (χ1) is 8.54. The molecule has 0 aliphatic heterocycles. The van der Waals surface area contributed by atoms with Gasteiger partial charge in [0.1, 0.15) is 18.5 Å². The van der Waals surface area contributed by atoms with Gasteiger partial charge in [-0.3, -0.25) is 4.79 Å². The zero-order valence-electron chi connectivity index (χ0n) is 9.85. The van der Waals surface area contributed by atoms with Crippen molar-refractivity contribution in [2.24, 2.45) is 0 Å². The molecule has 0 aliphatic carbocycles. The predicted molar refractivity (Wildman–Crippen MR) is 61.5 cm³/mol. The maximum absolute atomic E-state index is 13.4. The Labute approximate surface area is 104 Å². The molecular formula is C12H14FNO4. The lowest BCUT2D eigenvalue weighted by Gasteiger charge is -2.14. The van der Waals surface area contributed by atoms with Gasteiger partial charge in [-0.2, -0.15) is 0 Å². The number of methoxy groups -OCH3 is 1. The monoisotopic (exact) mass is 255 g/mol. The van der Waals surface area contributed by atoms with Crippen LogP contribution in [-0.4, -0.2) is 36.7 Å². The van der Waals surface area contributed by atoms with Crippen molar-refractivity contribution in [2.75, 3.05) is 13.7 Å². The highest BCUT2D eigenvalue weighted by Crippen LogP contribution is 2.09. The van der Waals surface area contributed by atoms with E-state index in [9.17, 15) is 14.0 Å². The van der Waals surface area contributed by atoms with Crippen LogP contribution < -0.4 is 5.32 Å². The van der Waals surface area contributed by atoms with Gasteiger partial charge in [-0.1, -0.05) is 18.2 Å². The molecule has 0 saturated heterocycles. The van der Waals surface area contributed by atoms with Crippen molar-refractivity contribution in [1.29, 1.82) is 0 Å². The first kappa shape index (κ1) is 14.1. The van der Waals surface area contributed by atoms with Crippen LogP contribution in [0.25, 0.3) is 0 Å². The van der Waals surface area contributed by atoms with E-state index in [1.165, 1.54) is 25.3 Å². The van der Waals surface area contributed by atoms with Gasteiger partial charge in [-0.25, -0.2) is 9.18 Å². The van der Waals surface area contributed by atoms with E-state index in [0.717, 1.165) is 0 Å². The second-order valence-electron chi connectivity index (χ2n) is 3.69. The number of benzene rings is 1. The molecule has 5 nitrogen and oxygen atoms in total. The summed E-state index contributed by atoms with van der Waals surface area (Å²) >= 11 is 0. The molecule has 0 unspecified atom stereocenters. The van der Waals surface area contributed by atoms with Crippen molar-refractivity contribution in [3.8, 4) is 0 Å². The predicted octanol–water partition coefficient (Wildman–Crippen LogP) is 0.584. The second kappa shape index (κ2) is 6.70. The van der Waals surface area contributed by atoms with E-state index in [4.69, 9.17) is 5.11 Å². The average molecular weight is 255 g/mol. The first-order valence-electron chi connectivity index (χ1n) is 5.29. The van der Waals surface area contributed by atoms with Crippen molar-refractivity contribution in [3.05, 3.63) is 35.6 Å². The van der Waals surface area contributed by atoms with Crippen LogP contribution in [0.2, 0.25) is 0 Å². The van der Waals surface area contributed by atoms with Crippen molar-refractivity contribution >= 4 is 11.9 Å². The van der Waals surface area contributed by atoms with E-state index in [1.807, 2.05) is 0 Å². The normalized spacial score (nSPS) is 11.9. The van der Waals surface area contributed by atoms with Crippen LogP contribution >= 0.6 is 0 Å². The lowest BCUT2D eigenvalue weighted by atomic mass is 10.1. The number of nitrogens with one attached hydrogen (secondary N) is 1. The Kier molecular flexibility index (Phi) is 5.26. The van der Waals surface area contributed by atoms with E-state index in [-0.39, 0.29) is 18.6 Å². The zero-order chi connectivity index (χ0) is 13.5. The summed E-state index contributed by atoms with van der Waals surface area (Å²) in [5.74, 6) is -2.27. The summed E-state index contributed by atoms with van der Waals surface area (Å²) in [6, 6.07) is 4.66. The van der Waals surface area contributed by atoms with Gasteiger partial charge < -0.3 is 15.2 Å². The van der Waals surface area contributed by atoms with Gasteiger partial charge in [-0.15, -0.1) is 0 Å². The highest BCUT2D eigenvalue weighted by atomic mass is 19.1. The fraction of sp³-hybridized carbons (Fsp3) is 0.333. The van der Waals surface area contributed by atoms with E-state index in [2.05, 4.69) is 10.1 Å². The maximum atomic E-state index is 13.4. The topological polar surface area (TPSA) is 75.6 Å². The van der Waals surface area contributed by atoms with Gasteiger partial charge in [0.15, 0.2) is 0 Å². The van der Waals surface area contributed by atoms with Crippen LogP contribution in [0.15, 0.2) is 24.3 Å². The lowest BCUT2D eigenvalue weighted by molar-refractivity contribution is -0.142. The quantitative estimate of drug-likeness (QED) is 0.779. The molecule has 0 radical (unpaired) electrons. The van der Waals surface area contributed by atoms with Gasteiger partial charge in [0.25, 0.3) is 0 Å². The minimum Gasteiger partial charge on any atom is -0.480 e. The van der Waals surface area contributed by atoms with E-state index in [1.54, 1.807) is 6.07 Å². The maximum Gasteiger partial charge on any atom is 0.326 e. The second-order valence-corrected chi connectivity index (χ2v) is 3.69. The summed E-state index contributed by atoms with van der Waals surface area (Å²) in [6.45, 7) is -0.235. The van der Waals surface area contributed by atoms with Gasteiger partial charge in [0.05, 0.1) is 0 Å². The molecule has 1 aromatic rings. The van der Waals surface area contributed by atoms with Crippen LogP contribution in [0.3, 0.4) is 0 Å². The molecule has 1 amide bonds. The Morgan fingerprint density at radius 3 is 2.67 bits per heavy atom. The number of halogens is 1. The van der Waals surface area contributed by atoms with Gasteiger partial charge in [-0.05, 0) is 11.6 Å². The molecule has 1 atom stereocenters. The molecule has 0 aromatic heterocycles. The van der Waals surface area contributed by atoms with Crippen LogP contribution in [0.5, 0.6) is 0 Å². The Balaban J connectivity index is 2.72. The third-order valence-electron chi connectivity index (χ3n) is 2.29. The summed E-state index contributed by atoms with van der Waals surface area (Å²) in [7, 11) is 1.33. The molecule has 0 aliphatic rings. The first-order valence-corrected chi connectivity index (χ1v) is 5.29.